The summed E-state index contributed by atoms with van der Waals surface area (Å²) in [4.78, 5) is 0. The molecule has 0 fully saturated rings. The van der Waals surface area contributed by atoms with Gasteiger partial charge in [0.2, 0.25) is 16.3 Å². The minimum absolute atomic E-state index is 4.30. The Balaban J connectivity index is 6.80. The van der Waals surface area contributed by atoms with Crippen molar-refractivity contribution < 1.29 is 57.1 Å². The van der Waals surface area contributed by atoms with Gasteiger partial charge in [-0.15, -0.1) is 0 Å². The molecule has 0 nitrogen and oxygen atoms in total. The van der Waals surface area contributed by atoms with E-state index in [-0.39, 0.29) is 0 Å². The summed E-state index contributed by atoms with van der Waals surface area (Å²) < 4.78 is 156. The third kappa shape index (κ3) is 3.77. The Morgan fingerprint density at radius 3 is 1.27 bits per heavy atom. The Bertz CT molecular complexity index is 559. The molecule has 0 aliphatic carbocycles. The van der Waals surface area contributed by atoms with E-state index in [2.05, 4.69) is 46.4 Å². The fourth-order valence-electron chi connectivity index (χ4n) is 1.36. The standard InChI is InChI=1S/C9HCl4F13/c10-5(11,3(17)6(19,20)21)7(12,13)8(22,23)4(18,9(24,25)26)1(14)2(15)16/h3H. The second-order valence-electron chi connectivity index (χ2n) is 4.41. The van der Waals surface area contributed by atoms with Crippen LogP contribution in [0, 0.1) is 0 Å². The third-order valence-electron chi connectivity index (χ3n) is 2.71. The Kier molecular flexibility index (Phi) is 7.10. The van der Waals surface area contributed by atoms with Crippen LogP contribution in [0.25, 0.3) is 0 Å². The van der Waals surface area contributed by atoms with Crippen molar-refractivity contribution in [3.63, 3.8) is 0 Å². The molecule has 0 amide bonds. The highest BCUT2D eigenvalue weighted by Crippen LogP contribution is 2.64. The maximum absolute atomic E-state index is 13.9. The number of rotatable bonds is 5. The van der Waals surface area contributed by atoms with Crippen LogP contribution in [-0.4, -0.2) is 38.8 Å². The molecule has 0 N–H and O–H groups in total. The van der Waals surface area contributed by atoms with Crippen LogP contribution in [-0.2, 0) is 0 Å². The van der Waals surface area contributed by atoms with Crippen LogP contribution < -0.4 is 0 Å². The maximum atomic E-state index is 13.9. The molecule has 0 saturated carbocycles. The van der Waals surface area contributed by atoms with Gasteiger partial charge in [-0.25, -0.2) is 13.2 Å². The van der Waals surface area contributed by atoms with Crippen LogP contribution in [0.15, 0.2) is 11.9 Å². The number of halogens is 17. The molecular formula is C9HCl4F13. The molecule has 0 heterocycles. The van der Waals surface area contributed by atoms with Crippen LogP contribution in [0.3, 0.4) is 0 Å². The predicted octanol–water partition coefficient (Wildman–Crippen LogP) is 7.22. The Morgan fingerprint density at radius 1 is 0.692 bits per heavy atom. The first-order chi connectivity index (χ1) is 11.0. The van der Waals surface area contributed by atoms with Crippen molar-refractivity contribution in [1.82, 2.24) is 0 Å². The van der Waals surface area contributed by atoms with Crippen LogP contribution in [0.2, 0.25) is 0 Å². The van der Waals surface area contributed by atoms with E-state index in [0.29, 0.717) is 0 Å². The van der Waals surface area contributed by atoms with E-state index in [4.69, 9.17) is 0 Å². The van der Waals surface area contributed by atoms with Crippen molar-refractivity contribution in [3.05, 3.63) is 11.9 Å². The Labute approximate surface area is 154 Å². The lowest BCUT2D eigenvalue weighted by atomic mass is 9.89. The summed E-state index contributed by atoms with van der Waals surface area (Å²) >= 11 is 18.1. The van der Waals surface area contributed by atoms with Gasteiger partial charge in [0.1, 0.15) is 0 Å². The highest BCUT2D eigenvalue weighted by Gasteiger charge is 2.86. The van der Waals surface area contributed by atoms with Gasteiger partial charge in [-0.2, -0.15) is 43.9 Å². The number of alkyl halides is 14. The van der Waals surface area contributed by atoms with E-state index >= 15 is 0 Å². The van der Waals surface area contributed by atoms with E-state index < -0.39 is 50.7 Å². The first-order valence-electron chi connectivity index (χ1n) is 5.32. The zero-order valence-electron chi connectivity index (χ0n) is 11.0. The minimum atomic E-state index is -7.28. The molecule has 0 saturated heterocycles. The second kappa shape index (κ2) is 7.11. The Morgan fingerprint density at radius 2 is 1.04 bits per heavy atom. The average molecular weight is 498 g/mol. The topological polar surface area (TPSA) is 0 Å². The number of allylic oxidation sites excluding steroid dienone is 1. The summed E-state index contributed by atoms with van der Waals surface area (Å²) in [7, 11) is 0. The van der Waals surface area contributed by atoms with Gasteiger partial charge in [0.25, 0.3) is 0 Å². The molecule has 0 aliphatic heterocycles. The van der Waals surface area contributed by atoms with Crippen molar-refractivity contribution in [2.75, 3.05) is 0 Å². The molecule has 156 valence electrons. The summed E-state index contributed by atoms with van der Waals surface area (Å²) in [5.41, 5.74) is -7.12. The average Bonchev–Trinajstić information content (AvgIpc) is 2.41. The summed E-state index contributed by atoms with van der Waals surface area (Å²) in [5, 5.41) is 0. The third-order valence-corrected chi connectivity index (χ3v) is 5.12. The van der Waals surface area contributed by atoms with Gasteiger partial charge < -0.3 is 0 Å². The van der Waals surface area contributed by atoms with Gasteiger partial charge in [0.05, 0.1) is 0 Å². The molecule has 0 aromatic heterocycles. The monoisotopic (exact) mass is 496 g/mol. The van der Waals surface area contributed by atoms with Gasteiger partial charge in [0, 0.05) is 0 Å². The SMILES string of the molecule is FC(F)=C(F)C(F)(C(F)(F)F)C(F)(F)C(Cl)(Cl)C(Cl)(Cl)C(F)C(F)(F)F. The molecule has 0 spiro atoms. The summed E-state index contributed by atoms with van der Waals surface area (Å²) in [6.07, 6.45) is -22.8. The lowest BCUT2D eigenvalue weighted by Crippen LogP contribution is -2.69. The zero-order chi connectivity index (χ0) is 21.7. The molecular weight excluding hydrogens is 497 g/mol. The van der Waals surface area contributed by atoms with Gasteiger partial charge >= 0.3 is 30.0 Å². The molecule has 0 aliphatic rings. The zero-order valence-corrected chi connectivity index (χ0v) is 14.0. The van der Waals surface area contributed by atoms with Crippen LogP contribution in [0.1, 0.15) is 0 Å². The van der Waals surface area contributed by atoms with Gasteiger partial charge in [-0.1, -0.05) is 46.4 Å². The lowest BCUT2D eigenvalue weighted by Gasteiger charge is -2.45. The highest BCUT2D eigenvalue weighted by atomic mass is 35.5. The Hall–Kier alpha value is -0.0100. The molecule has 0 aromatic rings. The summed E-state index contributed by atoms with van der Waals surface area (Å²) in [6.45, 7) is 0. The fraction of sp³-hybridized carbons (Fsp3) is 0.778. The quantitative estimate of drug-likeness (QED) is 0.278. The molecule has 0 radical (unpaired) electrons. The van der Waals surface area contributed by atoms with Gasteiger partial charge in [-0.05, 0) is 0 Å². The number of hydrogen-bond acceptors (Lipinski definition) is 0. The van der Waals surface area contributed by atoms with Gasteiger partial charge in [-0.3, -0.25) is 0 Å². The van der Waals surface area contributed by atoms with Crippen molar-refractivity contribution >= 4 is 46.4 Å². The first kappa shape index (κ1) is 26.0. The van der Waals surface area contributed by atoms with E-state index in [1.54, 1.807) is 0 Å². The van der Waals surface area contributed by atoms with E-state index in [1.165, 1.54) is 0 Å². The maximum Gasteiger partial charge on any atom is 0.435 e. The van der Waals surface area contributed by atoms with Gasteiger partial charge in [0.15, 0.2) is 4.33 Å². The highest BCUT2D eigenvalue weighted by molar-refractivity contribution is 6.63. The molecule has 0 aromatic carbocycles. The lowest BCUT2D eigenvalue weighted by molar-refractivity contribution is -0.299. The summed E-state index contributed by atoms with van der Waals surface area (Å²) in [5.74, 6) is -11.5. The smallest absolute Gasteiger partial charge is 0.234 e. The molecule has 2 unspecified atom stereocenters. The van der Waals surface area contributed by atoms with Crippen LogP contribution in [0.5, 0.6) is 0 Å². The van der Waals surface area contributed by atoms with Crippen LogP contribution in [0.4, 0.5) is 57.1 Å². The molecule has 26 heavy (non-hydrogen) atoms. The van der Waals surface area contributed by atoms with Crippen molar-refractivity contribution in [2.45, 2.75) is 38.8 Å². The predicted molar refractivity (Wildman–Crippen MR) is 65.0 cm³/mol. The van der Waals surface area contributed by atoms with E-state index in [9.17, 15) is 57.1 Å². The van der Waals surface area contributed by atoms with E-state index in [0.717, 1.165) is 0 Å². The van der Waals surface area contributed by atoms with Crippen molar-refractivity contribution in [1.29, 1.82) is 0 Å². The van der Waals surface area contributed by atoms with Crippen molar-refractivity contribution in [2.24, 2.45) is 0 Å². The number of hydrogen-bond donors (Lipinski definition) is 0. The largest absolute Gasteiger partial charge is 0.435 e. The summed E-state index contributed by atoms with van der Waals surface area (Å²) in [6, 6.07) is 0. The molecule has 2 atom stereocenters. The first-order valence-corrected chi connectivity index (χ1v) is 6.83. The van der Waals surface area contributed by atoms with Crippen molar-refractivity contribution in [3.8, 4) is 0 Å². The molecule has 0 bridgehead atoms. The fourth-order valence-corrected chi connectivity index (χ4v) is 2.30. The molecule has 17 heteroatoms. The second-order valence-corrected chi connectivity index (χ2v) is 7.12. The normalized spacial score (nSPS) is 18.3. The van der Waals surface area contributed by atoms with E-state index in [1.807, 2.05) is 0 Å². The molecule has 0 rings (SSSR count). The minimum Gasteiger partial charge on any atom is -0.234 e. The van der Waals surface area contributed by atoms with Crippen LogP contribution >= 0.6 is 46.4 Å².